The SMILES string of the molecule is CC.O=C(C1CCc2sc(-c3ccc(OCCCO)cc3)nc21)N1CCCCC1. The molecule has 6 heteroatoms. The fourth-order valence-electron chi connectivity index (χ4n) is 3.87. The van der Waals surface area contributed by atoms with Gasteiger partial charge >= 0.3 is 0 Å². The Morgan fingerprint density at radius 2 is 1.93 bits per heavy atom. The number of aliphatic hydroxyl groups is 1. The summed E-state index contributed by atoms with van der Waals surface area (Å²) in [6.07, 6.45) is 5.98. The molecule has 0 saturated carbocycles. The lowest BCUT2D eigenvalue weighted by atomic mass is 10.0. The van der Waals surface area contributed by atoms with Gasteiger partial charge in [-0.2, -0.15) is 0 Å². The van der Waals surface area contributed by atoms with Crippen LogP contribution in [0, 0.1) is 0 Å². The number of benzene rings is 1. The van der Waals surface area contributed by atoms with Crippen LogP contribution in [0.15, 0.2) is 24.3 Å². The van der Waals surface area contributed by atoms with Gasteiger partial charge in [-0.3, -0.25) is 4.79 Å². The Labute approximate surface area is 177 Å². The molecule has 1 N–H and O–H groups in total. The van der Waals surface area contributed by atoms with Gasteiger partial charge in [-0.1, -0.05) is 13.8 Å². The van der Waals surface area contributed by atoms with E-state index in [0.29, 0.717) is 13.0 Å². The van der Waals surface area contributed by atoms with Gasteiger partial charge in [0.1, 0.15) is 10.8 Å². The second kappa shape index (κ2) is 10.7. The first kappa shape index (κ1) is 21.8. The van der Waals surface area contributed by atoms with Crippen molar-refractivity contribution in [2.45, 2.75) is 58.3 Å². The van der Waals surface area contributed by atoms with Crippen LogP contribution in [-0.2, 0) is 11.2 Å². The molecule has 1 aliphatic carbocycles. The van der Waals surface area contributed by atoms with Crippen molar-refractivity contribution in [2.75, 3.05) is 26.3 Å². The Hall–Kier alpha value is -1.92. The summed E-state index contributed by atoms with van der Waals surface area (Å²) in [7, 11) is 0. The van der Waals surface area contributed by atoms with Crippen molar-refractivity contribution in [1.29, 1.82) is 0 Å². The average Bonchev–Trinajstić information content (AvgIpc) is 3.37. The lowest BCUT2D eigenvalue weighted by molar-refractivity contribution is -0.133. The van der Waals surface area contributed by atoms with Crippen LogP contribution >= 0.6 is 11.3 Å². The molecule has 158 valence electrons. The summed E-state index contributed by atoms with van der Waals surface area (Å²) >= 11 is 1.71. The number of piperidine rings is 1. The van der Waals surface area contributed by atoms with Crippen LogP contribution in [0.25, 0.3) is 10.6 Å². The topological polar surface area (TPSA) is 62.7 Å². The Bertz CT molecular complexity index is 782. The van der Waals surface area contributed by atoms with Crippen molar-refractivity contribution in [3.05, 3.63) is 34.8 Å². The number of likely N-dealkylation sites (tertiary alicyclic amines) is 1. The summed E-state index contributed by atoms with van der Waals surface area (Å²) in [5.74, 6) is 1.02. The highest BCUT2D eigenvalue weighted by atomic mass is 32.1. The monoisotopic (exact) mass is 416 g/mol. The zero-order valence-corrected chi connectivity index (χ0v) is 18.3. The van der Waals surface area contributed by atoms with E-state index in [-0.39, 0.29) is 18.4 Å². The highest BCUT2D eigenvalue weighted by Crippen LogP contribution is 2.41. The molecule has 1 aromatic heterocycles. The van der Waals surface area contributed by atoms with Gasteiger partial charge < -0.3 is 14.7 Å². The molecule has 4 rings (SSSR count). The number of fused-ring (bicyclic) bond motifs is 1. The third-order valence-electron chi connectivity index (χ3n) is 5.36. The van der Waals surface area contributed by atoms with Gasteiger partial charge in [0, 0.05) is 36.6 Å². The number of nitrogens with zero attached hydrogens (tertiary/aromatic N) is 2. The smallest absolute Gasteiger partial charge is 0.231 e. The predicted octanol–water partition coefficient (Wildman–Crippen LogP) is 4.64. The van der Waals surface area contributed by atoms with Crippen molar-refractivity contribution in [3.63, 3.8) is 0 Å². The number of hydrogen-bond acceptors (Lipinski definition) is 5. The standard InChI is InChI=1S/C21H26N2O3S.C2H6/c24-13-4-14-26-16-7-5-15(6-8-16)20-22-19-17(9-10-18(19)27-20)21(25)23-11-2-1-3-12-23;1-2/h5-8,17,24H,1-4,9-14H2;1-2H3. The van der Waals surface area contributed by atoms with E-state index in [1.807, 2.05) is 43.0 Å². The van der Waals surface area contributed by atoms with Crippen LogP contribution in [-0.4, -0.2) is 47.2 Å². The van der Waals surface area contributed by atoms with Gasteiger partial charge in [-0.15, -0.1) is 11.3 Å². The van der Waals surface area contributed by atoms with Crippen LogP contribution < -0.4 is 4.74 Å². The van der Waals surface area contributed by atoms with E-state index >= 15 is 0 Å². The maximum Gasteiger partial charge on any atom is 0.231 e. The van der Waals surface area contributed by atoms with Crippen LogP contribution in [0.1, 0.15) is 62.4 Å². The maximum atomic E-state index is 12.9. The summed E-state index contributed by atoms with van der Waals surface area (Å²) < 4.78 is 5.59. The lowest BCUT2D eigenvalue weighted by Gasteiger charge is -2.29. The van der Waals surface area contributed by atoms with Gasteiger partial charge in [-0.05, 0) is 56.4 Å². The fraction of sp³-hybridized carbons (Fsp3) is 0.565. The number of thiazole rings is 1. The summed E-state index contributed by atoms with van der Waals surface area (Å²) in [5, 5.41) is 9.81. The highest BCUT2D eigenvalue weighted by molar-refractivity contribution is 7.15. The van der Waals surface area contributed by atoms with Gasteiger partial charge in [0.25, 0.3) is 0 Å². The molecule has 1 amide bonds. The van der Waals surface area contributed by atoms with Crippen molar-refractivity contribution in [2.24, 2.45) is 0 Å². The number of amides is 1. The molecule has 2 aliphatic rings. The molecule has 1 aliphatic heterocycles. The first-order chi connectivity index (χ1) is 14.3. The Morgan fingerprint density at radius 3 is 2.62 bits per heavy atom. The van der Waals surface area contributed by atoms with E-state index in [1.54, 1.807) is 11.3 Å². The summed E-state index contributed by atoms with van der Waals surface area (Å²) in [6, 6.07) is 7.92. The molecule has 29 heavy (non-hydrogen) atoms. The maximum absolute atomic E-state index is 12.9. The quantitative estimate of drug-likeness (QED) is 0.697. The summed E-state index contributed by atoms with van der Waals surface area (Å²) in [6.45, 7) is 6.46. The van der Waals surface area contributed by atoms with Gasteiger partial charge in [0.15, 0.2) is 0 Å². The molecule has 0 bridgehead atoms. The van der Waals surface area contributed by atoms with Crippen LogP contribution in [0.5, 0.6) is 5.75 Å². The number of aryl methyl sites for hydroxylation is 1. The number of hydrogen-bond donors (Lipinski definition) is 1. The zero-order valence-electron chi connectivity index (χ0n) is 17.5. The fourth-order valence-corrected chi connectivity index (χ4v) is 5.02. The molecule has 1 aromatic carbocycles. The minimum atomic E-state index is -0.0517. The van der Waals surface area contributed by atoms with E-state index in [4.69, 9.17) is 14.8 Å². The number of aromatic nitrogens is 1. The minimum Gasteiger partial charge on any atom is -0.494 e. The van der Waals surface area contributed by atoms with Crippen LogP contribution in [0.2, 0.25) is 0 Å². The molecule has 2 aromatic rings. The molecule has 1 atom stereocenters. The number of ether oxygens (including phenoxy) is 1. The van der Waals surface area contributed by atoms with Crippen LogP contribution in [0.3, 0.4) is 0 Å². The van der Waals surface area contributed by atoms with Gasteiger partial charge in [-0.25, -0.2) is 4.98 Å². The number of carbonyl (C=O) groups is 1. The highest BCUT2D eigenvalue weighted by Gasteiger charge is 2.35. The third kappa shape index (κ3) is 5.17. The molecule has 2 heterocycles. The van der Waals surface area contributed by atoms with Crippen molar-refractivity contribution >= 4 is 17.2 Å². The van der Waals surface area contributed by atoms with Gasteiger partial charge in [0.05, 0.1) is 18.2 Å². The Balaban J connectivity index is 0.00000117. The lowest BCUT2D eigenvalue weighted by Crippen LogP contribution is -2.38. The van der Waals surface area contributed by atoms with E-state index in [9.17, 15) is 4.79 Å². The summed E-state index contributed by atoms with van der Waals surface area (Å²) in [5.41, 5.74) is 2.07. The summed E-state index contributed by atoms with van der Waals surface area (Å²) in [4.78, 5) is 21.1. The third-order valence-corrected chi connectivity index (χ3v) is 6.54. The molecule has 0 spiro atoms. The number of aliphatic hydroxyl groups excluding tert-OH is 1. The molecular weight excluding hydrogens is 384 g/mol. The van der Waals surface area contributed by atoms with E-state index in [0.717, 1.165) is 60.8 Å². The molecule has 5 nitrogen and oxygen atoms in total. The molecule has 0 radical (unpaired) electrons. The number of carbonyl (C=O) groups excluding carboxylic acids is 1. The molecule has 1 saturated heterocycles. The zero-order chi connectivity index (χ0) is 20.6. The second-order valence-corrected chi connectivity index (χ2v) is 8.34. The van der Waals surface area contributed by atoms with E-state index in [2.05, 4.69) is 0 Å². The Morgan fingerprint density at radius 1 is 1.21 bits per heavy atom. The van der Waals surface area contributed by atoms with Gasteiger partial charge in [0.2, 0.25) is 5.91 Å². The van der Waals surface area contributed by atoms with Crippen molar-refractivity contribution in [3.8, 4) is 16.3 Å². The largest absolute Gasteiger partial charge is 0.494 e. The molecular formula is C23H32N2O3S. The van der Waals surface area contributed by atoms with E-state index in [1.165, 1.54) is 11.3 Å². The second-order valence-electron chi connectivity index (χ2n) is 7.25. The van der Waals surface area contributed by atoms with E-state index < -0.39 is 0 Å². The van der Waals surface area contributed by atoms with Crippen LogP contribution in [0.4, 0.5) is 0 Å². The van der Waals surface area contributed by atoms with Crippen molar-refractivity contribution in [1.82, 2.24) is 9.88 Å². The van der Waals surface area contributed by atoms with Crippen molar-refractivity contribution < 1.29 is 14.6 Å². The average molecular weight is 417 g/mol. The minimum absolute atomic E-state index is 0.0517. The number of rotatable bonds is 6. The molecule has 1 unspecified atom stereocenters. The first-order valence-electron chi connectivity index (χ1n) is 10.9. The molecule has 1 fully saturated rings. The predicted molar refractivity (Wildman–Crippen MR) is 118 cm³/mol. The Kier molecular flexibility index (Phi) is 8.07. The first-order valence-corrected chi connectivity index (χ1v) is 11.7. The normalized spacial score (nSPS) is 18.0.